The Morgan fingerprint density at radius 2 is 1.64 bits per heavy atom. The van der Waals surface area contributed by atoms with Crippen LogP contribution in [0.15, 0.2) is 48.5 Å². The molecule has 2 aromatic carbocycles. The molecule has 2 amide bonds. The number of fused-ring (bicyclic) bond motifs is 3. The summed E-state index contributed by atoms with van der Waals surface area (Å²) in [6.07, 6.45) is 0.677. The van der Waals surface area contributed by atoms with Crippen LogP contribution >= 0.6 is 0 Å². The average molecular weight is 453 g/mol. The molecule has 0 aliphatic heterocycles. The molecule has 2 atom stereocenters. The van der Waals surface area contributed by atoms with E-state index >= 15 is 0 Å². The number of carboxylic acids is 1. The fourth-order valence-electron chi connectivity index (χ4n) is 4.28. The molecule has 2 aliphatic rings. The molecule has 3 N–H and O–H groups in total. The molecule has 33 heavy (non-hydrogen) atoms. The van der Waals surface area contributed by atoms with Crippen LogP contribution in [0.1, 0.15) is 36.3 Å². The van der Waals surface area contributed by atoms with Gasteiger partial charge in [-0.05, 0) is 34.6 Å². The monoisotopic (exact) mass is 452 g/mol. The summed E-state index contributed by atoms with van der Waals surface area (Å²) < 4.78 is 10.6. The number of hydrogen-bond donors (Lipinski definition) is 3. The number of amides is 2. The van der Waals surface area contributed by atoms with E-state index in [1.807, 2.05) is 36.4 Å². The number of carbonyl (C=O) groups is 3. The zero-order valence-electron chi connectivity index (χ0n) is 18.5. The van der Waals surface area contributed by atoms with E-state index in [1.54, 1.807) is 0 Å². The van der Waals surface area contributed by atoms with Crippen molar-refractivity contribution in [2.45, 2.75) is 37.3 Å². The minimum absolute atomic E-state index is 0.0663. The lowest BCUT2D eigenvalue weighted by Gasteiger charge is -2.20. The first-order valence-electron chi connectivity index (χ1n) is 11.1. The van der Waals surface area contributed by atoms with E-state index in [2.05, 4.69) is 22.8 Å². The van der Waals surface area contributed by atoms with Gasteiger partial charge in [0.1, 0.15) is 12.6 Å². The van der Waals surface area contributed by atoms with Gasteiger partial charge in [-0.25, -0.2) is 9.59 Å². The number of rotatable bonds is 10. The number of benzene rings is 2. The Bertz CT molecular complexity index is 990. The fraction of sp³-hybridized carbons (Fsp3) is 0.400. The second-order valence-corrected chi connectivity index (χ2v) is 8.51. The van der Waals surface area contributed by atoms with E-state index in [4.69, 9.17) is 9.47 Å². The number of ether oxygens (including phenoxy) is 2. The fourth-order valence-corrected chi connectivity index (χ4v) is 4.28. The van der Waals surface area contributed by atoms with Crippen molar-refractivity contribution in [3.63, 3.8) is 0 Å². The van der Waals surface area contributed by atoms with E-state index < -0.39 is 30.1 Å². The smallest absolute Gasteiger partial charge is 0.407 e. The SMILES string of the molecule is COC(CNC(=O)OCC1c2ccccc2-c2ccccc21)C(=O)N[C@@H](CC1CC1)C(=O)O. The topological polar surface area (TPSA) is 114 Å². The molecule has 0 spiro atoms. The summed E-state index contributed by atoms with van der Waals surface area (Å²) in [7, 11) is 1.33. The summed E-state index contributed by atoms with van der Waals surface area (Å²) in [5.74, 6) is -1.38. The van der Waals surface area contributed by atoms with E-state index in [0.717, 1.165) is 35.1 Å². The van der Waals surface area contributed by atoms with Crippen LogP contribution in [0.2, 0.25) is 0 Å². The van der Waals surface area contributed by atoms with E-state index in [1.165, 1.54) is 7.11 Å². The number of carbonyl (C=O) groups excluding carboxylic acids is 2. The number of carboxylic acid groups (broad SMARTS) is 1. The van der Waals surface area contributed by atoms with Crippen molar-refractivity contribution in [1.29, 1.82) is 0 Å². The lowest BCUT2D eigenvalue weighted by Crippen LogP contribution is -2.49. The zero-order chi connectivity index (χ0) is 23.4. The number of aliphatic carboxylic acids is 1. The van der Waals surface area contributed by atoms with Crippen molar-refractivity contribution in [3.8, 4) is 11.1 Å². The third kappa shape index (κ3) is 5.34. The van der Waals surface area contributed by atoms with Crippen LogP contribution < -0.4 is 10.6 Å². The van der Waals surface area contributed by atoms with Gasteiger partial charge in [0.25, 0.3) is 5.91 Å². The number of methoxy groups -OCH3 is 1. The Kier molecular flexibility index (Phi) is 6.93. The van der Waals surface area contributed by atoms with Gasteiger partial charge in [0.2, 0.25) is 0 Å². The Balaban J connectivity index is 1.30. The molecule has 8 nitrogen and oxygen atoms in total. The van der Waals surface area contributed by atoms with E-state index in [9.17, 15) is 19.5 Å². The summed E-state index contributed by atoms with van der Waals surface area (Å²) in [6, 6.07) is 15.1. The van der Waals surface area contributed by atoms with Crippen molar-refractivity contribution in [1.82, 2.24) is 10.6 Å². The van der Waals surface area contributed by atoms with Gasteiger partial charge in [0.05, 0.1) is 6.54 Å². The largest absolute Gasteiger partial charge is 0.480 e. The highest BCUT2D eigenvalue weighted by molar-refractivity contribution is 5.87. The van der Waals surface area contributed by atoms with Crippen LogP contribution in [0.25, 0.3) is 11.1 Å². The standard InChI is InChI=1S/C25H28N2O6/c1-32-22(23(28)27-21(24(29)30)12-15-10-11-15)13-26-25(31)33-14-20-18-8-4-2-6-16(18)17-7-3-5-9-19(17)20/h2-9,15,20-22H,10-14H2,1H3,(H,26,31)(H,27,28)(H,29,30)/t21-,22?/m0/s1. The molecule has 2 aliphatic carbocycles. The van der Waals surface area contributed by atoms with Gasteiger partial charge < -0.3 is 25.2 Å². The Labute approximate surface area is 192 Å². The molecular formula is C25H28N2O6. The van der Waals surface area contributed by atoms with Crippen LogP contribution in [0, 0.1) is 5.92 Å². The molecule has 4 rings (SSSR count). The molecule has 0 bridgehead atoms. The molecule has 8 heteroatoms. The van der Waals surface area contributed by atoms with Crippen molar-refractivity contribution >= 4 is 18.0 Å². The molecule has 0 saturated heterocycles. The second-order valence-electron chi connectivity index (χ2n) is 8.51. The summed E-state index contributed by atoms with van der Waals surface area (Å²) >= 11 is 0. The van der Waals surface area contributed by atoms with Gasteiger partial charge in [-0.1, -0.05) is 61.4 Å². The van der Waals surface area contributed by atoms with Crippen molar-refractivity contribution in [2.75, 3.05) is 20.3 Å². The predicted molar refractivity (Wildman–Crippen MR) is 121 cm³/mol. The Morgan fingerprint density at radius 1 is 1.03 bits per heavy atom. The summed E-state index contributed by atoms with van der Waals surface area (Å²) in [5.41, 5.74) is 4.49. The molecule has 0 radical (unpaired) electrons. The molecule has 174 valence electrons. The maximum atomic E-state index is 12.5. The quantitative estimate of drug-likeness (QED) is 0.511. The first-order chi connectivity index (χ1) is 16.0. The van der Waals surface area contributed by atoms with Crippen LogP contribution in [-0.2, 0) is 19.1 Å². The normalized spacial score (nSPS) is 16.3. The first-order valence-corrected chi connectivity index (χ1v) is 11.1. The van der Waals surface area contributed by atoms with Gasteiger partial charge in [-0.2, -0.15) is 0 Å². The van der Waals surface area contributed by atoms with E-state index in [-0.39, 0.29) is 19.1 Å². The van der Waals surface area contributed by atoms with Crippen molar-refractivity contribution in [2.24, 2.45) is 5.92 Å². The van der Waals surface area contributed by atoms with E-state index in [0.29, 0.717) is 12.3 Å². The molecule has 1 unspecified atom stereocenters. The average Bonchev–Trinajstić information content (AvgIpc) is 3.58. The molecule has 0 heterocycles. The summed E-state index contributed by atoms with van der Waals surface area (Å²) in [5, 5.41) is 14.4. The maximum absolute atomic E-state index is 12.5. The third-order valence-electron chi connectivity index (χ3n) is 6.23. The molecule has 0 aromatic heterocycles. The summed E-state index contributed by atoms with van der Waals surface area (Å²) in [4.78, 5) is 36.2. The maximum Gasteiger partial charge on any atom is 0.407 e. The van der Waals surface area contributed by atoms with Crippen LogP contribution in [0.4, 0.5) is 4.79 Å². The second kappa shape index (κ2) is 10.0. The molecule has 1 fully saturated rings. The first kappa shape index (κ1) is 22.8. The van der Waals surface area contributed by atoms with Crippen molar-refractivity contribution < 1.29 is 29.0 Å². The zero-order valence-corrected chi connectivity index (χ0v) is 18.5. The van der Waals surface area contributed by atoms with Gasteiger partial charge in [0, 0.05) is 13.0 Å². The van der Waals surface area contributed by atoms with Crippen LogP contribution in [0.3, 0.4) is 0 Å². The van der Waals surface area contributed by atoms with Gasteiger partial charge in [-0.3, -0.25) is 4.79 Å². The van der Waals surface area contributed by atoms with Gasteiger partial charge in [0.15, 0.2) is 6.10 Å². The Hall–Kier alpha value is -3.39. The Morgan fingerprint density at radius 3 is 2.18 bits per heavy atom. The number of nitrogens with one attached hydrogen (secondary N) is 2. The highest BCUT2D eigenvalue weighted by atomic mass is 16.5. The number of hydrogen-bond acceptors (Lipinski definition) is 5. The third-order valence-corrected chi connectivity index (χ3v) is 6.23. The van der Waals surface area contributed by atoms with Gasteiger partial charge in [-0.15, -0.1) is 0 Å². The molecule has 2 aromatic rings. The van der Waals surface area contributed by atoms with Crippen LogP contribution in [0.5, 0.6) is 0 Å². The molecule has 1 saturated carbocycles. The minimum atomic E-state index is -1.07. The van der Waals surface area contributed by atoms with Gasteiger partial charge >= 0.3 is 12.1 Å². The number of alkyl carbamates (subject to hydrolysis) is 1. The predicted octanol–water partition coefficient (Wildman–Crippen LogP) is 2.91. The lowest BCUT2D eigenvalue weighted by molar-refractivity contribution is -0.144. The minimum Gasteiger partial charge on any atom is -0.480 e. The lowest BCUT2D eigenvalue weighted by atomic mass is 9.98. The highest BCUT2D eigenvalue weighted by Gasteiger charge is 2.32. The highest BCUT2D eigenvalue weighted by Crippen LogP contribution is 2.44. The molecular weight excluding hydrogens is 424 g/mol. The van der Waals surface area contributed by atoms with Crippen LogP contribution in [-0.4, -0.2) is 55.5 Å². The van der Waals surface area contributed by atoms with Crippen molar-refractivity contribution in [3.05, 3.63) is 59.7 Å². The summed E-state index contributed by atoms with van der Waals surface area (Å²) in [6.45, 7) is 0.0287.